The molecule has 0 spiro atoms. The van der Waals surface area contributed by atoms with Gasteiger partial charge in [0.2, 0.25) is 5.91 Å². The summed E-state index contributed by atoms with van der Waals surface area (Å²) in [6.45, 7) is 1.43. The topological polar surface area (TPSA) is 88.8 Å². The highest BCUT2D eigenvalue weighted by atomic mass is 16.1. The summed E-state index contributed by atoms with van der Waals surface area (Å²) in [7, 11) is 3.54. The third-order valence-corrected chi connectivity index (χ3v) is 4.60. The molecule has 1 aliphatic rings. The van der Waals surface area contributed by atoms with E-state index in [2.05, 4.69) is 25.3 Å². The van der Waals surface area contributed by atoms with E-state index in [0.717, 1.165) is 35.4 Å². The Hall–Kier alpha value is -3.03. The molecule has 8 nitrogen and oxygen atoms in total. The number of anilines is 1. The minimum atomic E-state index is -0.0199. The molecule has 4 rings (SSSR count). The van der Waals surface area contributed by atoms with E-state index in [1.807, 2.05) is 19.2 Å². The number of hydrogen-bond acceptors (Lipinski definition) is 6. The fourth-order valence-corrected chi connectivity index (χ4v) is 3.24. The number of amides is 1. The second kappa shape index (κ2) is 6.12. The Balaban J connectivity index is 1.79. The average molecular weight is 337 g/mol. The average Bonchev–Trinajstić information content (AvgIpc) is 3.29. The number of carbonyl (C=O) groups excluding carboxylic acids is 1. The van der Waals surface area contributed by atoms with E-state index in [9.17, 15) is 4.79 Å². The highest BCUT2D eigenvalue weighted by molar-refractivity contribution is 5.89. The van der Waals surface area contributed by atoms with Gasteiger partial charge in [0.1, 0.15) is 5.82 Å². The van der Waals surface area contributed by atoms with Crippen molar-refractivity contribution in [2.45, 2.75) is 6.42 Å². The zero-order chi connectivity index (χ0) is 17.4. The van der Waals surface area contributed by atoms with Crippen molar-refractivity contribution in [1.29, 1.82) is 0 Å². The highest BCUT2D eigenvalue weighted by Gasteiger charge is 2.30. The van der Waals surface area contributed by atoms with Crippen LogP contribution in [0.4, 0.5) is 5.82 Å². The number of nitrogens with one attached hydrogen (secondary N) is 1. The maximum atomic E-state index is 12.0. The van der Waals surface area contributed by atoms with Gasteiger partial charge in [-0.2, -0.15) is 5.10 Å². The molecule has 1 fully saturated rings. The Labute approximate surface area is 144 Å². The van der Waals surface area contributed by atoms with E-state index in [1.165, 1.54) is 0 Å². The van der Waals surface area contributed by atoms with E-state index in [1.54, 1.807) is 30.3 Å². The quantitative estimate of drug-likeness (QED) is 0.767. The van der Waals surface area contributed by atoms with Gasteiger partial charge in [-0.05, 0) is 18.6 Å². The molecular formula is C17H19N7O. The molecule has 1 atom stereocenters. The van der Waals surface area contributed by atoms with Crippen LogP contribution in [-0.4, -0.2) is 50.8 Å². The molecule has 128 valence electrons. The molecule has 1 aliphatic heterocycles. The zero-order valence-corrected chi connectivity index (χ0v) is 14.2. The summed E-state index contributed by atoms with van der Waals surface area (Å²) >= 11 is 0. The molecule has 1 saturated heterocycles. The molecule has 0 saturated carbocycles. The monoisotopic (exact) mass is 337 g/mol. The van der Waals surface area contributed by atoms with Crippen molar-refractivity contribution in [1.82, 2.24) is 30.0 Å². The van der Waals surface area contributed by atoms with Crippen LogP contribution in [0.5, 0.6) is 0 Å². The van der Waals surface area contributed by atoms with Gasteiger partial charge in [-0.1, -0.05) is 0 Å². The van der Waals surface area contributed by atoms with Crippen LogP contribution >= 0.6 is 0 Å². The van der Waals surface area contributed by atoms with E-state index in [4.69, 9.17) is 4.98 Å². The predicted octanol–water partition coefficient (Wildman–Crippen LogP) is 0.998. The molecule has 3 aromatic heterocycles. The molecule has 1 amide bonds. The van der Waals surface area contributed by atoms with Crippen LogP contribution in [0.2, 0.25) is 0 Å². The Morgan fingerprint density at radius 3 is 2.96 bits per heavy atom. The lowest BCUT2D eigenvalue weighted by atomic mass is 10.1. The first kappa shape index (κ1) is 15.5. The summed E-state index contributed by atoms with van der Waals surface area (Å²) in [5, 5.41) is 7.96. The molecule has 4 heterocycles. The Kier molecular flexibility index (Phi) is 3.79. The smallest absolute Gasteiger partial charge is 0.224 e. The van der Waals surface area contributed by atoms with Gasteiger partial charge in [0, 0.05) is 45.1 Å². The normalized spacial score (nSPS) is 17.2. The molecule has 1 N–H and O–H groups in total. The number of fused-ring (bicyclic) bond motifs is 1. The van der Waals surface area contributed by atoms with Crippen molar-refractivity contribution in [2.75, 3.05) is 25.0 Å². The Morgan fingerprint density at radius 2 is 2.20 bits per heavy atom. The van der Waals surface area contributed by atoms with Crippen LogP contribution in [0.25, 0.3) is 22.4 Å². The van der Waals surface area contributed by atoms with Crippen molar-refractivity contribution in [3.63, 3.8) is 0 Å². The first-order valence-electron chi connectivity index (χ1n) is 8.24. The summed E-state index contributed by atoms with van der Waals surface area (Å²) in [6.07, 6.45) is 6.07. The number of pyridine rings is 1. The number of aromatic nitrogens is 5. The first-order chi connectivity index (χ1) is 12.2. The maximum absolute atomic E-state index is 12.0. The maximum Gasteiger partial charge on any atom is 0.224 e. The van der Waals surface area contributed by atoms with E-state index in [0.29, 0.717) is 12.4 Å². The van der Waals surface area contributed by atoms with E-state index < -0.39 is 0 Å². The molecule has 0 bridgehead atoms. The second-order valence-corrected chi connectivity index (χ2v) is 6.16. The standard InChI is InChI=1S/C17H19N7O/c1-18-17(25)12-5-7-24(10-12)16-13-9-20-23(2)15(13)21-14(22-16)11-4-3-6-19-8-11/h3-4,6,8-9,12H,5,7,10H2,1-2H3,(H,18,25). The van der Waals surface area contributed by atoms with Crippen molar-refractivity contribution in [3.05, 3.63) is 30.7 Å². The lowest BCUT2D eigenvalue weighted by molar-refractivity contribution is -0.123. The lowest BCUT2D eigenvalue weighted by Gasteiger charge is -2.19. The van der Waals surface area contributed by atoms with Gasteiger partial charge >= 0.3 is 0 Å². The summed E-state index contributed by atoms with van der Waals surface area (Å²) in [5.41, 5.74) is 1.63. The van der Waals surface area contributed by atoms with Gasteiger partial charge in [0.05, 0.1) is 17.5 Å². The van der Waals surface area contributed by atoms with Gasteiger partial charge in [-0.15, -0.1) is 0 Å². The summed E-state index contributed by atoms with van der Waals surface area (Å²) in [4.78, 5) is 27.7. The summed E-state index contributed by atoms with van der Waals surface area (Å²) < 4.78 is 1.74. The molecule has 0 radical (unpaired) electrons. The van der Waals surface area contributed by atoms with Gasteiger partial charge in [-0.3, -0.25) is 14.5 Å². The van der Waals surface area contributed by atoms with Gasteiger partial charge in [-0.25, -0.2) is 9.97 Å². The van der Waals surface area contributed by atoms with Crippen molar-refractivity contribution in [3.8, 4) is 11.4 Å². The van der Waals surface area contributed by atoms with Crippen LogP contribution in [0.3, 0.4) is 0 Å². The number of aryl methyl sites for hydroxylation is 1. The number of nitrogens with zero attached hydrogens (tertiary/aromatic N) is 6. The molecule has 25 heavy (non-hydrogen) atoms. The predicted molar refractivity (Wildman–Crippen MR) is 93.9 cm³/mol. The van der Waals surface area contributed by atoms with Gasteiger partial charge in [0.25, 0.3) is 0 Å². The second-order valence-electron chi connectivity index (χ2n) is 6.16. The molecule has 0 aliphatic carbocycles. The number of hydrogen-bond donors (Lipinski definition) is 1. The minimum Gasteiger partial charge on any atom is -0.359 e. The molecule has 1 unspecified atom stereocenters. The van der Waals surface area contributed by atoms with Crippen molar-refractivity contribution >= 4 is 22.8 Å². The van der Waals surface area contributed by atoms with E-state index >= 15 is 0 Å². The van der Waals surface area contributed by atoms with Crippen LogP contribution in [0, 0.1) is 5.92 Å². The first-order valence-corrected chi connectivity index (χ1v) is 8.24. The Morgan fingerprint density at radius 1 is 1.32 bits per heavy atom. The van der Waals surface area contributed by atoms with Crippen LogP contribution in [-0.2, 0) is 11.8 Å². The summed E-state index contributed by atoms with van der Waals surface area (Å²) in [6, 6.07) is 3.80. The number of rotatable bonds is 3. The number of carbonyl (C=O) groups is 1. The molecule has 0 aromatic carbocycles. The zero-order valence-electron chi connectivity index (χ0n) is 14.2. The SMILES string of the molecule is CNC(=O)C1CCN(c2nc(-c3cccnc3)nc3c2cnn3C)C1. The minimum absolute atomic E-state index is 0.0199. The van der Waals surface area contributed by atoms with E-state index in [-0.39, 0.29) is 11.8 Å². The largest absolute Gasteiger partial charge is 0.359 e. The van der Waals surface area contributed by atoms with Crippen LogP contribution < -0.4 is 10.2 Å². The lowest BCUT2D eigenvalue weighted by Crippen LogP contribution is -2.30. The van der Waals surface area contributed by atoms with Crippen LogP contribution in [0.15, 0.2) is 30.7 Å². The van der Waals surface area contributed by atoms with Crippen molar-refractivity contribution in [2.24, 2.45) is 13.0 Å². The fourth-order valence-electron chi connectivity index (χ4n) is 3.24. The van der Waals surface area contributed by atoms with Gasteiger partial charge in [0.15, 0.2) is 11.5 Å². The summed E-state index contributed by atoms with van der Waals surface area (Å²) in [5.74, 6) is 1.49. The van der Waals surface area contributed by atoms with Crippen molar-refractivity contribution < 1.29 is 4.79 Å². The van der Waals surface area contributed by atoms with Gasteiger partial charge < -0.3 is 10.2 Å². The highest BCUT2D eigenvalue weighted by Crippen LogP contribution is 2.30. The third-order valence-electron chi connectivity index (χ3n) is 4.60. The molecular weight excluding hydrogens is 318 g/mol. The van der Waals surface area contributed by atoms with Crippen LogP contribution in [0.1, 0.15) is 6.42 Å². The Bertz CT molecular complexity index is 921. The fraction of sp³-hybridized carbons (Fsp3) is 0.353. The third kappa shape index (κ3) is 2.69. The molecule has 3 aromatic rings. The molecule has 8 heteroatoms.